The second-order valence-corrected chi connectivity index (χ2v) is 3.80. The third-order valence-corrected chi connectivity index (χ3v) is 2.66. The van der Waals surface area contributed by atoms with Crippen molar-refractivity contribution >= 4 is 0 Å². The van der Waals surface area contributed by atoms with E-state index in [0.717, 1.165) is 25.2 Å². The summed E-state index contributed by atoms with van der Waals surface area (Å²) in [5, 5.41) is 18.7. The van der Waals surface area contributed by atoms with E-state index in [1.54, 1.807) is 12.1 Å². The second kappa shape index (κ2) is 3.88. The Hall–Kier alpha value is -1.22. The van der Waals surface area contributed by atoms with Gasteiger partial charge >= 0.3 is 0 Å². The molecule has 1 saturated heterocycles. The van der Waals surface area contributed by atoms with Crippen LogP contribution in [0.4, 0.5) is 0 Å². The van der Waals surface area contributed by atoms with Crippen molar-refractivity contribution in [3.05, 3.63) is 23.8 Å². The largest absolute Gasteiger partial charge is 0.508 e. The van der Waals surface area contributed by atoms with Gasteiger partial charge in [-0.1, -0.05) is 6.07 Å². The zero-order chi connectivity index (χ0) is 9.97. The Balaban J connectivity index is 2.08. The summed E-state index contributed by atoms with van der Waals surface area (Å²) in [6, 6.07) is 4.79. The molecule has 0 aliphatic carbocycles. The van der Waals surface area contributed by atoms with E-state index in [-0.39, 0.29) is 11.5 Å². The summed E-state index contributed by atoms with van der Waals surface area (Å²) in [6.07, 6.45) is 2.50. The summed E-state index contributed by atoms with van der Waals surface area (Å²) in [7, 11) is 0. The molecule has 0 aromatic heterocycles. The van der Waals surface area contributed by atoms with E-state index in [1.807, 2.05) is 0 Å². The number of aromatic hydroxyl groups is 2. The molecule has 0 unspecified atom stereocenters. The lowest BCUT2D eigenvalue weighted by Gasteiger charge is -2.15. The third-order valence-electron chi connectivity index (χ3n) is 2.66. The van der Waals surface area contributed by atoms with E-state index in [0.29, 0.717) is 0 Å². The van der Waals surface area contributed by atoms with E-state index in [9.17, 15) is 5.11 Å². The first-order valence-electron chi connectivity index (χ1n) is 4.99. The highest BCUT2D eigenvalue weighted by atomic mass is 16.3. The highest BCUT2D eigenvalue weighted by Gasteiger charge is 2.13. The van der Waals surface area contributed by atoms with Gasteiger partial charge in [-0.15, -0.1) is 0 Å². The molecule has 1 heterocycles. The molecular formula is C11H15NO2. The van der Waals surface area contributed by atoms with Crippen LogP contribution in [0, 0.1) is 0 Å². The number of nitrogens with zero attached hydrogens (tertiary/aromatic N) is 1. The third kappa shape index (κ3) is 1.99. The van der Waals surface area contributed by atoms with Crippen LogP contribution in [0.2, 0.25) is 0 Å². The number of rotatable bonds is 2. The Morgan fingerprint density at radius 1 is 1.14 bits per heavy atom. The van der Waals surface area contributed by atoms with Crippen LogP contribution in [-0.2, 0) is 6.54 Å². The zero-order valence-electron chi connectivity index (χ0n) is 8.11. The lowest BCUT2D eigenvalue weighted by Crippen LogP contribution is -2.18. The first-order chi connectivity index (χ1) is 6.75. The molecule has 0 atom stereocenters. The van der Waals surface area contributed by atoms with Gasteiger partial charge in [-0.25, -0.2) is 0 Å². The number of phenols is 2. The van der Waals surface area contributed by atoms with Crippen molar-refractivity contribution in [1.82, 2.24) is 4.90 Å². The molecule has 1 aliphatic rings. The second-order valence-electron chi connectivity index (χ2n) is 3.80. The maximum atomic E-state index is 9.57. The van der Waals surface area contributed by atoms with Crippen LogP contribution in [0.1, 0.15) is 18.4 Å². The fourth-order valence-electron chi connectivity index (χ4n) is 1.87. The molecule has 14 heavy (non-hydrogen) atoms. The van der Waals surface area contributed by atoms with Gasteiger partial charge in [-0.05, 0) is 32.0 Å². The minimum atomic E-state index is 0.118. The van der Waals surface area contributed by atoms with E-state index < -0.39 is 0 Å². The molecule has 0 spiro atoms. The quantitative estimate of drug-likeness (QED) is 0.751. The number of hydrogen-bond donors (Lipinski definition) is 2. The van der Waals surface area contributed by atoms with Gasteiger partial charge in [0, 0.05) is 18.2 Å². The fraction of sp³-hybridized carbons (Fsp3) is 0.455. The van der Waals surface area contributed by atoms with Crippen molar-refractivity contribution in [1.29, 1.82) is 0 Å². The van der Waals surface area contributed by atoms with Crippen molar-refractivity contribution in [2.45, 2.75) is 19.4 Å². The molecule has 0 amide bonds. The van der Waals surface area contributed by atoms with Crippen molar-refractivity contribution in [3.63, 3.8) is 0 Å². The average molecular weight is 193 g/mol. The van der Waals surface area contributed by atoms with Crippen LogP contribution < -0.4 is 0 Å². The van der Waals surface area contributed by atoms with Crippen LogP contribution in [0.3, 0.4) is 0 Å². The van der Waals surface area contributed by atoms with Gasteiger partial charge in [0.05, 0.1) is 0 Å². The molecule has 2 N–H and O–H groups in total. The molecule has 1 fully saturated rings. The first-order valence-corrected chi connectivity index (χ1v) is 4.99. The van der Waals surface area contributed by atoms with Crippen molar-refractivity contribution in [3.8, 4) is 11.5 Å². The molecule has 3 nitrogen and oxygen atoms in total. The predicted octanol–water partition coefficient (Wildman–Crippen LogP) is 1.69. The van der Waals surface area contributed by atoms with Gasteiger partial charge in [-0.2, -0.15) is 0 Å². The topological polar surface area (TPSA) is 43.7 Å². The molecule has 1 aromatic rings. The van der Waals surface area contributed by atoms with Gasteiger partial charge in [-0.3, -0.25) is 4.90 Å². The van der Waals surface area contributed by atoms with Gasteiger partial charge in [0.15, 0.2) is 0 Å². The summed E-state index contributed by atoms with van der Waals surface area (Å²) in [4.78, 5) is 2.31. The Labute approximate surface area is 83.6 Å². The summed E-state index contributed by atoms with van der Waals surface area (Å²) >= 11 is 0. The van der Waals surface area contributed by atoms with Crippen molar-refractivity contribution in [2.24, 2.45) is 0 Å². The van der Waals surface area contributed by atoms with Gasteiger partial charge in [0.2, 0.25) is 0 Å². The van der Waals surface area contributed by atoms with Gasteiger partial charge in [0.1, 0.15) is 11.5 Å². The van der Waals surface area contributed by atoms with Gasteiger partial charge in [0.25, 0.3) is 0 Å². The molecule has 0 bridgehead atoms. The summed E-state index contributed by atoms with van der Waals surface area (Å²) in [6.45, 7) is 3.01. The van der Waals surface area contributed by atoms with Crippen LogP contribution >= 0.6 is 0 Å². The van der Waals surface area contributed by atoms with E-state index in [4.69, 9.17) is 5.11 Å². The highest BCUT2D eigenvalue weighted by molar-refractivity contribution is 5.38. The maximum absolute atomic E-state index is 9.57. The Morgan fingerprint density at radius 2 is 1.86 bits per heavy atom. The Kier molecular flexibility index (Phi) is 2.59. The number of benzene rings is 1. The Morgan fingerprint density at radius 3 is 2.50 bits per heavy atom. The predicted molar refractivity (Wildman–Crippen MR) is 54.3 cm³/mol. The minimum absolute atomic E-state index is 0.118. The lowest BCUT2D eigenvalue weighted by molar-refractivity contribution is 0.323. The lowest BCUT2D eigenvalue weighted by atomic mass is 10.2. The first kappa shape index (κ1) is 9.34. The van der Waals surface area contributed by atoms with Crippen molar-refractivity contribution in [2.75, 3.05) is 13.1 Å². The van der Waals surface area contributed by atoms with Crippen LogP contribution in [0.5, 0.6) is 11.5 Å². The number of hydrogen-bond acceptors (Lipinski definition) is 3. The van der Waals surface area contributed by atoms with E-state index in [1.165, 1.54) is 18.9 Å². The highest BCUT2D eigenvalue weighted by Crippen LogP contribution is 2.24. The molecule has 0 saturated carbocycles. The molecular weight excluding hydrogens is 178 g/mol. The van der Waals surface area contributed by atoms with Crippen molar-refractivity contribution < 1.29 is 10.2 Å². The molecule has 1 aromatic carbocycles. The van der Waals surface area contributed by atoms with E-state index >= 15 is 0 Å². The van der Waals surface area contributed by atoms with E-state index in [2.05, 4.69) is 4.90 Å². The smallest absolute Gasteiger partial charge is 0.123 e. The van der Waals surface area contributed by atoms with Crippen LogP contribution in [-0.4, -0.2) is 28.2 Å². The molecule has 0 radical (unpaired) electrons. The summed E-state index contributed by atoms with van der Waals surface area (Å²) in [5.74, 6) is 0.310. The average Bonchev–Trinajstić information content (AvgIpc) is 2.62. The SMILES string of the molecule is Oc1ccc(CN2CCCC2)c(O)c1. The normalized spacial score (nSPS) is 17.4. The Bertz CT molecular complexity index is 319. The van der Waals surface area contributed by atoms with Gasteiger partial charge < -0.3 is 10.2 Å². The summed E-state index contributed by atoms with van der Waals surface area (Å²) in [5.41, 5.74) is 0.893. The molecule has 76 valence electrons. The number of phenolic OH excluding ortho intramolecular Hbond substituents is 2. The number of likely N-dealkylation sites (tertiary alicyclic amines) is 1. The fourth-order valence-corrected chi connectivity index (χ4v) is 1.87. The zero-order valence-corrected chi connectivity index (χ0v) is 8.11. The molecule has 2 rings (SSSR count). The standard InChI is InChI=1S/C11H15NO2/c13-10-4-3-9(11(14)7-10)8-12-5-1-2-6-12/h3-4,7,13-14H,1-2,5-6,8H2. The minimum Gasteiger partial charge on any atom is -0.508 e. The maximum Gasteiger partial charge on any atom is 0.123 e. The van der Waals surface area contributed by atoms with Crippen LogP contribution in [0.15, 0.2) is 18.2 Å². The van der Waals surface area contributed by atoms with Crippen LogP contribution in [0.25, 0.3) is 0 Å². The summed E-state index contributed by atoms with van der Waals surface area (Å²) < 4.78 is 0. The molecule has 1 aliphatic heterocycles. The molecule has 3 heteroatoms. The monoisotopic (exact) mass is 193 g/mol.